The summed E-state index contributed by atoms with van der Waals surface area (Å²) in [5.41, 5.74) is 10.7. The van der Waals surface area contributed by atoms with Crippen LogP contribution in [-0.2, 0) is 36.9 Å². The van der Waals surface area contributed by atoms with Gasteiger partial charge in [0, 0.05) is 18.1 Å². The van der Waals surface area contributed by atoms with Gasteiger partial charge in [-0.3, -0.25) is 0 Å². The first-order valence-electron chi connectivity index (χ1n) is 14.6. The molecule has 3 aromatic carbocycles. The summed E-state index contributed by atoms with van der Waals surface area (Å²) in [6.45, 7) is 1.42. The van der Waals surface area contributed by atoms with E-state index in [0.717, 1.165) is 36.8 Å². The molecule has 4 rings (SSSR count). The molecule has 0 spiro atoms. The van der Waals surface area contributed by atoms with Crippen molar-refractivity contribution in [2.45, 2.75) is 69.6 Å². The van der Waals surface area contributed by atoms with Gasteiger partial charge in [0.15, 0.2) is 12.4 Å². The Kier molecular flexibility index (Phi) is 13.5. The molecule has 1 heterocycles. The first kappa shape index (κ1) is 32.2. The fourth-order valence-electron chi connectivity index (χ4n) is 4.76. The Labute approximate surface area is 252 Å². The van der Waals surface area contributed by atoms with E-state index >= 15 is 0 Å². The molecule has 0 aromatic heterocycles. The van der Waals surface area contributed by atoms with E-state index in [9.17, 15) is 9.90 Å². The van der Waals surface area contributed by atoms with Crippen LogP contribution >= 0.6 is 0 Å². The summed E-state index contributed by atoms with van der Waals surface area (Å²) < 4.78 is 30.5. The molecule has 10 nitrogen and oxygen atoms in total. The normalized spacial score (nSPS) is 21.6. The predicted molar refractivity (Wildman–Crippen MR) is 160 cm³/mol. The first-order valence-corrected chi connectivity index (χ1v) is 14.6. The van der Waals surface area contributed by atoms with E-state index < -0.39 is 36.7 Å². The maximum Gasteiger partial charge on any atom is 0.338 e. The summed E-state index contributed by atoms with van der Waals surface area (Å²) >= 11 is 0. The van der Waals surface area contributed by atoms with E-state index in [-0.39, 0.29) is 13.2 Å². The molecule has 43 heavy (non-hydrogen) atoms. The van der Waals surface area contributed by atoms with Gasteiger partial charge < -0.3 is 28.8 Å². The van der Waals surface area contributed by atoms with Crippen molar-refractivity contribution in [3.63, 3.8) is 0 Å². The average Bonchev–Trinajstić information content (AvgIpc) is 3.05. The van der Waals surface area contributed by atoms with Gasteiger partial charge in [-0.15, -0.1) is 0 Å². The third-order valence-corrected chi connectivity index (χ3v) is 7.05. The van der Waals surface area contributed by atoms with Gasteiger partial charge >= 0.3 is 5.97 Å². The quantitative estimate of drug-likeness (QED) is 0.0673. The molecule has 1 aliphatic heterocycles. The molecule has 0 amide bonds. The second-order valence-corrected chi connectivity index (χ2v) is 10.3. The number of aliphatic hydroxyl groups excluding tert-OH is 1. The van der Waals surface area contributed by atoms with Gasteiger partial charge in [-0.25, -0.2) is 4.79 Å². The molecule has 3 aromatic rings. The minimum Gasteiger partial charge on any atom is -0.450 e. The molecule has 1 saturated heterocycles. The van der Waals surface area contributed by atoms with Gasteiger partial charge in [0.25, 0.3) is 0 Å². The Morgan fingerprint density at radius 1 is 0.814 bits per heavy atom. The van der Waals surface area contributed by atoms with Gasteiger partial charge in [0.1, 0.15) is 18.3 Å². The van der Waals surface area contributed by atoms with Crippen LogP contribution in [0.3, 0.4) is 0 Å². The lowest BCUT2D eigenvalue weighted by Gasteiger charge is -2.43. The van der Waals surface area contributed by atoms with Crippen molar-refractivity contribution in [1.82, 2.24) is 0 Å². The predicted octanol–water partition coefficient (Wildman–Crippen LogP) is 5.99. The molecule has 0 unspecified atom stereocenters. The number of benzene rings is 3. The van der Waals surface area contributed by atoms with Crippen LogP contribution in [0.25, 0.3) is 10.4 Å². The maximum atomic E-state index is 13.2. The number of hydrogen-bond donors (Lipinski definition) is 1. The van der Waals surface area contributed by atoms with Crippen molar-refractivity contribution in [3.8, 4) is 0 Å². The monoisotopic (exact) mass is 589 g/mol. The highest BCUT2D eigenvalue weighted by atomic mass is 16.7. The molecule has 0 bridgehead atoms. The van der Waals surface area contributed by atoms with Crippen LogP contribution in [0.15, 0.2) is 96.1 Å². The molecule has 5 atom stereocenters. The van der Waals surface area contributed by atoms with E-state index in [4.69, 9.17) is 29.2 Å². The van der Waals surface area contributed by atoms with E-state index in [1.54, 1.807) is 24.3 Å². The van der Waals surface area contributed by atoms with Crippen molar-refractivity contribution in [1.29, 1.82) is 0 Å². The number of ether oxygens (including phenoxy) is 5. The molecule has 228 valence electrons. The SMILES string of the molecule is [N-]=[N+]=NCCCCCCO[C@@H]1O[C@H](COCc2ccccc2)[C@@H](O)[C@H](OCc2ccccc2)[C@H]1OC(=O)c1ccccc1. The molecule has 1 aliphatic rings. The van der Waals surface area contributed by atoms with Crippen LogP contribution in [0.4, 0.5) is 0 Å². The minimum atomic E-state index is -1.16. The molecule has 0 saturated carbocycles. The lowest BCUT2D eigenvalue weighted by molar-refractivity contribution is -0.310. The molecular formula is C33H39N3O7. The number of unbranched alkanes of at least 4 members (excludes halogenated alkanes) is 3. The van der Waals surface area contributed by atoms with Gasteiger partial charge in [-0.05, 0) is 41.6 Å². The van der Waals surface area contributed by atoms with Crippen LogP contribution in [0.5, 0.6) is 0 Å². The number of aliphatic hydroxyl groups is 1. The zero-order chi connectivity index (χ0) is 30.1. The molecule has 0 aliphatic carbocycles. The summed E-state index contributed by atoms with van der Waals surface area (Å²) in [4.78, 5) is 15.9. The molecule has 1 N–H and O–H groups in total. The van der Waals surface area contributed by atoms with Crippen molar-refractivity contribution >= 4 is 5.97 Å². The van der Waals surface area contributed by atoms with E-state index in [1.165, 1.54) is 0 Å². The van der Waals surface area contributed by atoms with Crippen LogP contribution < -0.4 is 0 Å². The van der Waals surface area contributed by atoms with Crippen molar-refractivity contribution in [3.05, 3.63) is 118 Å². The van der Waals surface area contributed by atoms with Crippen molar-refractivity contribution in [2.75, 3.05) is 19.8 Å². The lowest BCUT2D eigenvalue weighted by Crippen LogP contribution is -2.61. The Hall–Kier alpha value is -3.76. The number of carbonyl (C=O) groups excluding carboxylic acids is 1. The third-order valence-electron chi connectivity index (χ3n) is 7.05. The standard InChI is InChI=1S/C33H39N3O7/c34-36-35-20-12-1-2-13-21-40-33-31(43-32(38)27-18-10-5-11-19-27)30(41-23-26-16-8-4-9-17-26)29(37)28(42-33)24-39-22-25-14-6-3-7-15-25/h3-11,14-19,28-31,33,37H,1-2,12-13,20-24H2/t28-,29-,30+,31-,33-/m1/s1. The van der Waals surface area contributed by atoms with Crippen molar-refractivity contribution < 1.29 is 33.6 Å². The van der Waals surface area contributed by atoms with Crippen molar-refractivity contribution in [2.24, 2.45) is 5.11 Å². The van der Waals surface area contributed by atoms with Crippen LogP contribution in [-0.4, -0.2) is 61.5 Å². The Balaban J connectivity index is 1.48. The van der Waals surface area contributed by atoms with E-state index in [0.29, 0.717) is 25.3 Å². The fourth-order valence-corrected chi connectivity index (χ4v) is 4.76. The summed E-state index contributed by atoms with van der Waals surface area (Å²) in [6, 6.07) is 27.9. The van der Waals surface area contributed by atoms with Crippen LogP contribution in [0.1, 0.15) is 47.2 Å². The highest BCUT2D eigenvalue weighted by molar-refractivity contribution is 5.89. The lowest BCUT2D eigenvalue weighted by atomic mass is 9.98. The number of azide groups is 1. The van der Waals surface area contributed by atoms with Gasteiger partial charge in [-0.1, -0.05) is 96.8 Å². The fraction of sp³-hybridized carbons (Fsp3) is 0.424. The Bertz CT molecular complexity index is 1260. The maximum absolute atomic E-state index is 13.2. The van der Waals surface area contributed by atoms with E-state index in [2.05, 4.69) is 10.0 Å². The topological polar surface area (TPSA) is 132 Å². The second kappa shape index (κ2) is 18.0. The summed E-state index contributed by atoms with van der Waals surface area (Å²) in [5, 5.41) is 15.0. The summed E-state index contributed by atoms with van der Waals surface area (Å²) in [7, 11) is 0. The smallest absolute Gasteiger partial charge is 0.338 e. The molecule has 0 radical (unpaired) electrons. The molecular weight excluding hydrogens is 550 g/mol. The Morgan fingerprint density at radius 2 is 1.44 bits per heavy atom. The highest BCUT2D eigenvalue weighted by Gasteiger charge is 2.49. The van der Waals surface area contributed by atoms with Crippen LogP contribution in [0, 0.1) is 0 Å². The highest BCUT2D eigenvalue weighted by Crippen LogP contribution is 2.29. The minimum absolute atomic E-state index is 0.0832. The average molecular weight is 590 g/mol. The van der Waals surface area contributed by atoms with Crippen LogP contribution in [0.2, 0.25) is 0 Å². The summed E-state index contributed by atoms with van der Waals surface area (Å²) in [6.07, 6.45) is -1.65. The number of nitrogens with zero attached hydrogens (tertiary/aromatic N) is 3. The molecule has 1 fully saturated rings. The number of hydrogen-bond acceptors (Lipinski definition) is 8. The number of rotatable bonds is 17. The van der Waals surface area contributed by atoms with Gasteiger partial charge in [-0.2, -0.15) is 0 Å². The zero-order valence-corrected chi connectivity index (χ0v) is 24.1. The first-order chi connectivity index (χ1) is 21.2. The van der Waals surface area contributed by atoms with E-state index in [1.807, 2.05) is 66.7 Å². The second-order valence-electron chi connectivity index (χ2n) is 10.3. The Morgan fingerprint density at radius 3 is 2.12 bits per heavy atom. The molecule has 10 heteroatoms. The largest absolute Gasteiger partial charge is 0.450 e. The zero-order valence-electron chi connectivity index (χ0n) is 24.1. The number of carbonyl (C=O) groups is 1. The third kappa shape index (κ3) is 10.5. The number of esters is 1. The van der Waals surface area contributed by atoms with Gasteiger partial charge in [0.05, 0.1) is 25.4 Å². The van der Waals surface area contributed by atoms with Gasteiger partial charge in [0.2, 0.25) is 0 Å². The summed E-state index contributed by atoms with van der Waals surface area (Å²) in [5.74, 6) is -0.569.